The van der Waals surface area contributed by atoms with E-state index in [0.717, 1.165) is 35.8 Å². The Labute approximate surface area is 133 Å². The minimum absolute atomic E-state index is 0.126. The molecule has 1 saturated heterocycles. The van der Waals surface area contributed by atoms with Crippen molar-refractivity contribution in [3.63, 3.8) is 0 Å². The lowest BCUT2D eigenvalue weighted by Gasteiger charge is -2.24. The third kappa shape index (κ3) is 3.85. The van der Waals surface area contributed by atoms with Crippen LogP contribution in [0.3, 0.4) is 0 Å². The Morgan fingerprint density at radius 2 is 1.80 bits per heavy atom. The minimum atomic E-state index is -3.47. The van der Waals surface area contributed by atoms with Crippen molar-refractivity contribution in [1.29, 1.82) is 0 Å². The molecule has 1 aromatic carbocycles. The summed E-state index contributed by atoms with van der Waals surface area (Å²) in [5.41, 5.74) is 0.528. The van der Waals surface area contributed by atoms with Crippen LogP contribution in [0.5, 0.6) is 0 Å². The van der Waals surface area contributed by atoms with Crippen molar-refractivity contribution in [2.24, 2.45) is 0 Å². The van der Waals surface area contributed by atoms with Gasteiger partial charge in [0, 0.05) is 16.7 Å². The van der Waals surface area contributed by atoms with E-state index in [1.54, 1.807) is 17.0 Å². The number of sulfonamides is 1. The van der Waals surface area contributed by atoms with Gasteiger partial charge in [-0.1, -0.05) is 0 Å². The van der Waals surface area contributed by atoms with E-state index in [0.29, 0.717) is 5.69 Å². The van der Waals surface area contributed by atoms with E-state index in [1.165, 1.54) is 4.31 Å². The first-order valence-corrected chi connectivity index (χ1v) is 9.32. The molecule has 1 aromatic rings. The van der Waals surface area contributed by atoms with E-state index in [9.17, 15) is 13.2 Å². The zero-order chi connectivity index (χ0) is 14.8. The zero-order valence-electron chi connectivity index (χ0n) is 11.3. The molecule has 0 atom stereocenters. The highest BCUT2D eigenvalue weighted by atomic mass is 127. The van der Waals surface area contributed by atoms with Gasteiger partial charge in [-0.2, -0.15) is 0 Å². The van der Waals surface area contributed by atoms with Gasteiger partial charge in [0.05, 0.1) is 11.9 Å². The van der Waals surface area contributed by atoms with Crippen LogP contribution in [0, 0.1) is 3.57 Å². The summed E-state index contributed by atoms with van der Waals surface area (Å²) in [7, 11) is -3.47. The van der Waals surface area contributed by atoms with Gasteiger partial charge in [-0.15, -0.1) is 0 Å². The molecule has 0 aromatic heterocycles. The van der Waals surface area contributed by atoms with Crippen molar-refractivity contribution >= 4 is 44.2 Å². The number of hydrogen-bond acceptors (Lipinski definition) is 3. The molecule has 20 heavy (non-hydrogen) atoms. The molecule has 1 fully saturated rings. The number of carbonyl (C=O) groups excluding carboxylic acids is 1. The molecule has 1 aliphatic rings. The molecular weight excluding hydrogens is 391 g/mol. The Morgan fingerprint density at radius 1 is 1.25 bits per heavy atom. The van der Waals surface area contributed by atoms with Crippen molar-refractivity contribution < 1.29 is 13.2 Å². The number of rotatable bonds is 4. The van der Waals surface area contributed by atoms with Crippen LogP contribution in [0.15, 0.2) is 24.3 Å². The maximum absolute atomic E-state index is 12.2. The normalized spacial score (nSPS) is 15.4. The average molecular weight is 408 g/mol. The van der Waals surface area contributed by atoms with E-state index in [1.807, 2.05) is 12.1 Å². The number of likely N-dealkylation sites (tertiary alicyclic amines) is 1. The smallest absolute Gasteiger partial charge is 0.243 e. The van der Waals surface area contributed by atoms with Crippen LogP contribution in [-0.2, 0) is 14.8 Å². The maximum atomic E-state index is 12.2. The van der Waals surface area contributed by atoms with Crippen LogP contribution in [0.25, 0.3) is 0 Å². The number of hydrogen-bond donors (Lipinski definition) is 0. The second-order valence-electron chi connectivity index (χ2n) is 4.83. The fraction of sp³-hybridized carbons (Fsp3) is 0.462. The summed E-state index contributed by atoms with van der Waals surface area (Å²) in [5, 5.41) is 0. The number of anilines is 1. The molecule has 1 heterocycles. The van der Waals surface area contributed by atoms with Crippen LogP contribution in [0.2, 0.25) is 0 Å². The summed E-state index contributed by atoms with van der Waals surface area (Å²) >= 11 is 2.15. The van der Waals surface area contributed by atoms with Gasteiger partial charge in [-0.05, 0) is 59.7 Å². The predicted molar refractivity (Wildman–Crippen MR) is 87.2 cm³/mol. The molecule has 2 rings (SSSR count). The SMILES string of the molecule is CS(=O)(=O)N(CC(=O)N1CCCC1)c1ccc(I)cc1. The van der Waals surface area contributed by atoms with Crippen LogP contribution in [-0.4, -0.2) is 45.1 Å². The minimum Gasteiger partial charge on any atom is -0.341 e. The first kappa shape index (κ1) is 15.6. The van der Waals surface area contributed by atoms with Gasteiger partial charge in [0.15, 0.2) is 0 Å². The van der Waals surface area contributed by atoms with Crippen LogP contribution in [0.4, 0.5) is 5.69 Å². The van der Waals surface area contributed by atoms with Gasteiger partial charge < -0.3 is 4.90 Å². The van der Waals surface area contributed by atoms with E-state index in [2.05, 4.69) is 22.6 Å². The first-order chi connectivity index (χ1) is 9.38. The number of amides is 1. The largest absolute Gasteiger partial charge is 0.341 e. The molecule has 0 spiro atoms. The van der Waals surface area contributed by atoms with Gasteiger partial charge in [0.25, 0.3) is 0 Å². The molecule has 0 bridgehead atoms. The molecule has 0 N–H and O–H groups in total. The van der Waals surface area contributed by atoms with Crippen molar-refractivity contribution in [2.75, 3.05) is 30.2 Å². The van der Waals surface area contributed by atoms with Crippen molar-refractivity contribution in [2.45, 2.75) is 12.8 Å². The molecule has 7 heteroatoms. The highest BCUT2D eigenvalue weighted by Crippen LogP contribution is 2.20. The second-order valence-corrected chi connectivity index (χ2v) is 7.99. The molecule has 0 saturated carbocycles. The van der Waals surface area contributed by atoms with Gasteiger partial charge in [-0.3, -0.25) is 9.10 Å². The Bertz CT molecular complexity index is 580. The van der Waals surface area contributed by atoms with Gasteiger partial charge in [0.2, 0.25) is 15.9 Å². The fourth-order valence-corrected chi connectivity index (χ4v) is 3.41. The summed E-state index contributed by atoms with van der Waals surface area (Å²) < 4.78 is 26.0. The second kappa shape index (κ2) is 6.30. The Morgan fingerprint density at radius 3 is 2.30 bits per heavy atom. The van der Waals surface area contributed by atoms with Crippen LogP contribution >= 0.6 is 22.6 Å². The third-order valence-corrected chi connectivity index (χ3v) is 5.11. The molecule has 0 unspecified atom stereocenters. The van der Waals surface area contributed by atoms with Gasteiger partial charge in [0.1, 0.15) is 6.54 Å². The highest BCUT2D eigenvalue weighted by Gasteiger charge is 2.25. The molecule has 5 nitrogen and oxygen atoms in total. The molecular formula is C13H17IN2O3S. The molecule has 1 amide bonds. The number of carbonyl (C=O) groups is 1. The predicted octanol–water partition coefficient (Wildman–Crippen LogP) is 1.68. The lowest BCUT2D eigenvalue weighted by molar-refractivity contribution is -0.128. The van der Waals surface area contributed by atoms with Crippen LogP contribution < -0.4 is 4.31 Å². The topological polar surface area (TPSA) is 57.7 Å². The number of nitrogens with zero attached hydrogens (tertiary/aromatic N) is 2. The van der Waals surface area contributed by atoms with Crippen molar-refractivity contribution in [3.05, 3.63) is 27.8 Å². The van der Waals surface area contributed by atoms with Gasteiger partial charge >= 0.3 is 0 Å². The molecule has 1 aliphatic heterocycles. The highest BCUT2D eigenvalue weighted by molar-refractivity contribution is 14.1. The van der Waals surface area contributed by atoms with Crippen molar-refractivity contribution in [1.82, 2.24) is 4.90 Å². The lowest BCUT2D eigenvalue weighted by Crippen LogP contribution is -2.41. The number of benzene rings is 1. The van der Waals surface area contributed by atoms with E-state index >= 15 is 0 Å². The summed E-state index contributed by atoms with van der Waals surface area (Å²) in [6, 6.07) is 7.10. The van der Waals surface area contributed by atoms with Gasteiger partial charge in [-0.25, -0.2) is 8.42 Å². The first-order valence-electron chi connectivity index (χ1n) is 6.39. The summed E-state index contributed by atoms with van der Waals surface area (Å²) in [6.07, 6.45) is 3.12. The summed E-state index contributed by atoms with van der Waals surface area (Å²) in [6.45, 7) is 1.33. The molecule has 0 radical (unpaired) electrons. The average Bonchev–Trinajstić information content (AvgIpc) is 2.89. The quantitative estimate of drug-likeness (QED) is 0.713. The Balaban J connectivity index is 2.20. The molecule has 110 valence electrons. The fourth-order valence-electron chi connectivity index (χ4n) is 2.20. The lowest BCUT2D eigenvalue weighted by atomic mass is 10.3. The summed E-state index contributed by atoms with van der Waals surface area (Å²) in [4.78, 5) is 13.9. The zero-order valence-corrected chi connectivity index (χ0v) is 14.2. The summed E-state index contributed by atoms with van der Waals surface area (Å²) in [5.74, 6) is -0.133. The monoisotopic (exact) mass is 408 g/mol. The number of halogens is 1. The standard InChI is InChI=1S/C13H17IN2O3S/c1-20(18,19)16(12-6-4-11(14)5-7-12)10-13(17)15-8-2-3-9-15/h4-7H,2-3,8-10H2,1H3. The van der Waals surface area contributed by atoms with E-state index in [4.69, 9.17) is 0 Å². The van der Waals surface area contributed by atoms with Crippen molar-refractivity contribution in [3.8, 4) is 0 Å². The Kier molecular flexibility index (Phi) is 4.90. The van der Waals surface area contributed by atoms with Crippen LogP contribution in [0.1, 0.15) is 12.8 Å². The Hall–Kier alpha value is -0.830. The van der Waals surface area contributed by atoms with E-state index < -0.39 is 10.0 Å². The molecule has 0 aliphatic carbocycles. The van der Waals surface area contributed by atoms with E-state index in [-0.39, 0.29) is 12.5 Å². The maximum Gasteiger partial charge on any atom is 0.243 e. The third-order valence-electron chi connectivity index (χ3n) is 3.25.